The van der Waals surface area contributed by atoms with Crippen LogP contribution in [0.4, 0.5) is 11.4 Å². The van der Waals surface area contributed by atoms with Crippen LogP contribution < -0.4 is 10.2 Å². The van der Waals surface area contributed by atoms with Gasteiger partial charge in [0.2, 0.25) is 11.8 Å². The molecule has 0 saturated carbocycles. The topological polar surface area (TPSA) is 69.7 Å². The van der Waals surface area contributed by atoms with Crippen molar-refractivity contribution in [3.63, 3.8) is 0 Å². The molecule has 3 amide bonds. The summed E-state index contributed by atoms with van der Waals surface area (Å²) in [5.74, 6) is -2.59. The first-order chi connectivity index (χ1) is 15.2. The highest BCUT2D eigenvalue weighted by Crippen LogP contribution is 2.61. The number of fused-ring (bicyclic) bond motifs is 7. The van der Waals surface area contributed by atoms with Crippen LogP contribution in [0, 0.1) is 11.8 Å². The van der Waals surface area contributed by atoms with Gasteiger partial charge in [0.05, 0.1) is 28.2 Å². The van der Waals surface area contributed by atoms with E-state index in [-0.39, 0.29) is 17.9 Å². The van der Waals surface area contributed by atoms with Crippen molar-refractivity contribution < 1.29 is 14.4 Å². The first-order valence-electron chi connectivity index (χ1n) is 10.2. The fourth-order valence-electron chi connectivity index (χ4n) is 6.15. The second-order valence-corrected chi connectivity index (χ2v) is 10.8. The number of amides is 3. The van der Waals surface area contributed by atoms with Gasteiger partial charge in [-0.3, -0.25) is 19.3 Å². The summed E-state index contributed by atoms with van der Waals surface area (Å²) in [4.78, 5) is 44.5. The Kier molecular flexibility index (Phi) is 4.54. The van der Waals surface area contributed by atoms with Crippen LogP contribution in [-0.4, -0.2) is 35.2 Å². The molecular weight excluding hydrogens is 541 g/mol. The summed E-state index contributed by atoms with van der Waals surface area (Å²) in [5.41, 5.74) is 0.0787. The molecule has 3 saturated heterocycles. The molecule has 4 aliphatic rings. The Bertz CT molecular complexity index is 1230. The highest BCUT2D eigenvalue weighted by Gasteiger charge is 2.74. The normalized spacial score (nSPS) is 30.8. The largest absolute Gasteiger partial charge is 0.323 e. The molecule has 4 atom stereocenters. The fourth-order valence-corrected chi connectivity index (χ4v) is 7.53. The molecule has 2 aromatic carbocycles. The molecule has 6 rings (SSSR count). The minimum atomic E-state index is -1.33. The Labute approximate surface area is 206 Å². The van der Waals surface area contributed by atoms with E-state index >= 15 is 0 Å². The third-order valence-electron chi connectivity index (χ3n) is 7.12. The van der Waals surface area contributed by atoms with Crippen molar-refractivity contribution in [2.24, 2.45) is 11.8 Å². The molecule has 10 heteroatoms. The van der Waals surface area contributed by atoms with Crippen LogP contribution in [0.3, 0.4) is 0 Å². The van der Waals surface area contributed by atoms with Gasteiger partial charge in [0, 0.05) is 26.1 Å². The van der Waals surface area contributed by atoms with E-state index in [0.717, 1.165) is 12.8 Å². The molecule has 4 aliphatic heterocycles. The van der Waals surface area contributed by atoms with Crippen molar-refractivity contribution in [1.82, 2.24) is 4.90 Å². The van der Waals surface area contributed by atoms with E-state index in [2.05, 4.69) is 21.2 Å². The third-order valence-corrected chi connectivity index (χ3v) is 8.32. The zero-order valence-corrected chi connectivity index (χ0v) is 20.2. The van der Waals surface area contributed by atoms with E-state index in [1.807, 2.05) is 4.90 Å². The first-order valence-corrected chi connectivity index (χ1v) is 12.1. The molecule has 4 heterocycles. The zero-order chi connectivity index (χ0) is 22.5. The molecule has 0 aliphatic carbocycles. The molecule has 0 radical (unpaired) electrons. The van der Waals surface area contributed by atoms with Gasteiger partial charge in [-0.05, 0) is 49.7 Å². The minimum absolute atomic E-state index is 0.224. The lowest BCUT2D eigenvalue weighted by Crippen LogP contribution is -2.54. The molecule has 0 aromatic heterocycles. The standard InChI is InChI=1S/C22H15BrCl3N3O3/c23-9-4-10(24)6-12(5-9)29-19(30)16-15-2-1-3-28(15)22(17(16)20(29)31)13-7-11(25)8-14(26)18(13)27-21(22)32/h4-8,15-17H,1-3H2,(H,27,32). The molecule has 32 heavy (non-hydrogen) atoms. The number of benzene rings is 2. The first kappa shape index (κ1) is 20.9. The maximum absolute atomic E-state index is 13.9. The van der Waals surface area contributed by atoms with Gasteiger partial charge in [-0.25, -0.2) is 4.90 Å². The molecule has 1 spiro atoms. The molecular formula is C22H15BrCl3N3O3. The van der Waals surface area contributed by atoms with Gasteiger partial charge in [-0.1, -0.05) is 50.7 Å². The number of halogens is 4. The summed E-state index contributed by atoms with van der Waals surface area (Å²) in [6.45, 7) is 0.609. The van der Waals surface area contributed by atoms with E-state index < -0.39 is 23.3 Å². The SMILES string of the molecule is O=C1C2C3CCCN3C3(C(=O)Nc4c(Cl)cc(Cl)cc43)C2C(=O)N1c1cc(Cl)cc(Br)c1. The molecule has 164 valence electrons. The molecule has 4 unspecified atom stereocenters. The maximum atomic E-state index is 13.9. The van der Waals surface area contributed by atoms with E-state index in [9.17, 15) is 14.4 Å². The smallest absolute Gasteiger partial charge is 0.250 e. The van der Waals surface area contributed by atoms with Crippen LogP contribution in [0.15, 0.2) is 34.8 Å². The number of hydrogen-bond donors (Lipinski definition) is 1. The van der Waals surface area contributed by atoms with Crippen LogP contribution in [0.2, 0.25) is 15.1 Å². The highest BCUT2D eigenvalue weighted by atomic mass is 79.9. The van der Waals surface area contributed by atoms with Crippen molar-refractivity contribution in [3.8, 4) is 0 Å². The Balaban J connectivity index is 1.58. The Hall–Kier alpha value is -1.64. The lowest BCUT2D eigenvalue weighted by molar-refractivity contribution is -0.135. The number of imide groups is 1. The summed E-state index contributed by atoms with van der Waals surface area (Å²) in [7, 11) is 0. The van der Waals surface area contributed by atoms with Crippen LogP contribution in [0.25, 0.3) is 0 Å². The molecule has 0 bridgehead atoms. The van der Waals surface area contributed by atoms with Gasteiger partial charge in [-0.15, -0.1) is 0 Å². The predicted octanol–water partition coefficient (Wildman–Crippen LogP) is 4.84. The van der Waals surface area contributed by atoms with Gasteiger partial charge >= 0.3 is 0 Å². The van der Waals surface area contributed by atoms with Crippen molar-refractivity contribution in [3.05, 3.63) is 55.4 Å². The Morgan fingerprint density at radius 3 is 2.50 bits per heavy atom. The van der Waals surface area contributed by atoms with Gasteiger partial charge in [0.25, 0.3) is 5.91 Å². The number of carbonyl (C=O) groups excluding carboxylic acids is 3. The van der Waals surface area contributed by atoms with Gasteiger partial charge < -0.3 is 5.32 Å². The van der Waals surface area contributed by atoms with E-state index in [1.54, 1.807) is 30.3 Å². The molecule has 6 nitrogen and oxygen atoms in total. The minimum Gasteiger partial charge on any atom is -0.323 e. The van der Waals surface area contributed by atoms with E-state index in [1.165, 1.54) is 4.90 Å². The molecule has 1 N–H and O–H groups in total. The second kappa shape index (κ2) is 6.93. The molecule has 2 aromatic rings. The zero-order valence-electron chi connectivity index (χ0n) is 16.4. The quantitative estimate of drug-likeness (QED) is 0.512. The van der Waals surface area contributed by atoms with Crippen LogP contribution >= 0.6 is 50.7 Å². The summed E-state index contributed by atoms with van der Waals surface area (Å²) in [6, 6.07) is 7.97. The summed E-state index contributed by atoms with van der Waals surface area (Å²) < 4.78 is 0.650. The number of nitrogens with zero attached hydrogens (tertiary/aromatic N) is 2. The van der Waals surface area contributed by atoms with Crippen molar-refractivity contribution >= 4 is 79.8 Å². The summed E-state index contributed by atoms with van der Waals surface area (Å²) in [5, 5.41) is 3.95. The van der Waals surface area contributed by atoms with Crippen LogP contribution in [0.5, 0.6) is 0 Å². The van der Waals surface area contributed by atoms with Crippen molar-refractivity contribution in [1.29, 1.82) is 0 Å². The number of anilines is 2. The van der Waals surface area contributed by atoms with Crippen molar-refractivity contribution in [2.75, 3.05) is 16.8 Å². The molecule has 3 fully saturated rings. The average molecular weight is 556 g/mol. The number of nitrogens with one attached hydrogen (secondary N) is 1. The van der Waals surface area contributed by atoms with E-state index in [4.69, 9.17) is 34.8 Å². The van der Waals surface area contributed by atoms with Crippen molar-refractivity contribution in [2.45, 2.75) is 24.4 Å². The average Bonchev–Trinajstić information content (AvgIpc) is 3.40. The van der Waals surface area contributed by atoms with Crippen LogP contribution in [-0.2, 0) is 19.9 Å². The Morgan fingerprint density at radius 2 is 1.75 bits per heavy atom. The van der Waals surface area contributed by atoms with Gasteiger partial charge in [0.1, 0.15) is 5.54 Å². The van der Waals surface area contributed by atoms with Crippen LogP contribution in [0.1, 0.15) is 18.4 Å². The predicted molar refractivity (Wildman–Crippen MR) is 125 cm³/mol. The lowest BCUT2D eigenvalue weighted by atomic mass is 9.75. The summed E-state index contributed by atoms with van der Waals surface area (Å²) >= 11 is 22.3. The maximum Gasteiger partial charge on any atom is 0.250 e. The number of carbonyl (C=O) groups is 3. The monoisotopic (exact) mass is 553 g/mol. The number of hydrogen-bond acceptors (Lipinski definition) is 4. The Morgan fingerprint density at radius 1 is 1.00 bits per heavy atom. The van der Waals surface area contributed by atoms with Gasteiger partial charge in [0.15, 0.2) is 0 Å². The second-order valence-electron chi connectivity index (χ2n) is 8.58. The fraction of sp³-hybridized carbons (Fsp3) is 0.318. The third kappa shape index (κ3) is 2.49. The van der Waals surface area contributed by atoms with Gasteiger partial charge in [-0.2, -0.15) is 0 Å². The van der Waals surface area contributed by atoms with E-state index in [0.29, 0.717) is 43.0 Å². The highest BCUT2D eigenvalue weighted by molar-refractivity contribution is 9.10. The lowest BCUT2D eigenvalue weighted by Gasteiger charge is -2.36. The number of rotatable bonds is 1. The summed E-state index contributed by atoms with van der Waals surface area (Å²) in [6.07, 6.45) is 1.56.